The molecule has 5 heteroatoms. The minimum atomic E-state index is -0.223. The molecule has 4 rings (SSSR count). The van der Waals surface area contributed by atoms with Gasteiger partial charge in [0.2, 0.25) is 5.91 Å². The van der Waals surface area contributed by atoms with E-state index in [2.05, 4.69) is 5.43 Å². The molecule has 0 aliphatic carbocycles. The third-order valence-electron chi connectivity index (χ3n) is 4.83. The van der Waals surface area contributed by atoms with Crippen molar-refractivity contribution >= 4 is 11.6 Å². The molecule has 29 heavy (non-hydrogen) atoms. The first-order chi connectivity index (χ1) is 14.1. The van der Waals surface area contributed by atoms with Crippen LogP contribution < -0.4 is 10.2 Å². The van der Waals surface area contributed by atoms with Gasteiger partial charge in [-0.1, -0.05) is 42.5 Å². The van der Waals surface area contributed by atoms with Crippen LogP contribution in [0.2, 0.25) is 0 Å². The molecule has 0 aromatic heterocycles. The van der Waals surface area contributed by atoms with Gasteiger partial charge in [0.15, 0.2) is 0 Å². The first kappa shape index (κ1) is 18.6. The zero-order valence-electron chi connectivity index (χ0n) is 16.1. The predicted molar refractivity (Wildman–Crippen MR) is 112 cm³/mol. The lowest BCUT2D eigenvalue weighted by Gasteiger charge is -2.24. The van der Waals surface area contributed by atoms with Gasteiger partial charge < -0.3 is 9.84 Å². The molecule has 1 atom stereocenters. The van der Waals surface area contributed by atoms with Crippen molar-refractivity contribution in [2.24, 2.45) is 0 Å². The number of carbonyl (C=O) groups is 1. The number of hydrogen-bond acceptors (Lipinski definition) is 4. The number of phenols is 1. The van der Waals surface area contributed by atoms with Crippen molar-refractivity contribution in [1.82, 2.24) is 10.4 Å². The van der Waals surface area contributed by atoms with E-state index in [0.717, 1.165) is 28.1 Å². The second kappa shape index (κ2) is 8.10. The van der Waals surface area contributed by atoms with Crippen molar-refractivity contribution in [3.8, 4) is 11.5 Å². The summed E-state index contributed by atoms with van der Waals surface area (Å²) in [5.74, 6) is 0.906. The molecule has 2 N–H and O–H groups in total. The van der Waals surface area contributed by atoms with Gasteiger partial charge in [-0.3, -0.25) is 10.2 Å². The van der Waals surface area contributed by atoms with E-state index in [1.54, 1.807) is 17.1 Å². The minimum Gasteiger partial charge on any atom is -0.508 e. The highest BCUT2D eigenvalue weighted by Crippen LogP contribution is 2.32. The van der Waals surface area contributed by atoms with Crippen LogP contribution in [0.15, 0.2) is 84.9 Å². The Morgan fingerprint density at radius 2 is 1.69 bits per heavy atom. The van der Waals surface area contributed by atoms with Crippen LogP contribution in [0.4, 0.5) is 0 Å². The van der Waals surface area contributed by atoms with E-state index in [0.29, 0.717) is 6.61 Å². The van der Waals surface area contributed by atoms with Crippen LogP contribution in [0.5, 0.6) is 11.5 Å². The molecule has 0 unspecified atom stereocenters. The van der Waals surface area contributed by atoms with Crippen molar-refractivity contribution in [3.05, 3.63) is 102 Å². The first-order valence-corrected chi connectivity index (χ1v) is 9.44. The van der Waals surface area contributed by atoms with Crippen molar-refractivity contribution in [2.45, 2.75) is 19.6 Å². The van der Waals surface area contributed by atoms with E-state index in [9.17, 15) is 9.90 Å². The molecule has 5 nitrogen and oxygen atoms in total. The topological polar surface area (TPSA) is 61.8 Å². The Bertz CT molecular complexity index is 1010. The molecule has 0 radical (unpaired) electrons. The fraction of sp³-hybridized carbons (Fsp3) is 0.125. The van der Waals surface area contributed by atoms with Crippen molar-refractivity contribution in [3.63, 3.8) is 0 Å². The highest BCUT2D eigenvalue weighted by Gasteiger charge is 2.28. The molecule has 0 bridgehead atoms. The predicted octanol–water partition coefficient (Wildman–Crippen LogP) is 4.42. The van der Waals surface area contributed by atoms with E-state index in [-0.39, 0.29) is 17.7 Å². The SMILES string of the molecule is CC(=O)N1NC(c2ccc(O)cc2)=C[C@@H]1c1ccc(OCc2ccccc2)cc1. The van der Waals surface area contributed by atoms with E-state index < -0.39 is 0 Å². The number of hydrogen-bond donors (Lipinski definition) is 2. The summed E-state index contributed by atoms with van der Waals surface area (Å²) in [6.45, 7) is 2.04. The van der Waals surface area contributed by atoms with Gasteiger partial charge in [0.1, 0.15) is 18.1 Å². The third-order valence-corrected chi connectivity index (χ3v) is 4.83. The standard InChI is InChI=1S/C24H22N2O3/c1-17(27)26-24(15-23(25-26)19-7-11-21(28)12-8-19)20-9-13-22(14-10-20)29-16-18-5-3-2-4-6-18/h2-15,24-25,28H,16H2,1H3/t24-/m1/s1. The van der Waals surface area contributed by atoms with Crippen molar-refractivity contribution in [2.75, 3.05) is 0 Å². The molecule has 0 saturated heterocycles. The third kappa shape index (κ3) is 4.24. The van der Waals surface area contributed by atoms with Gasteiger partial charge in [-0.15, -0.1) is 0 Å². The van der Waals surface area contributed by atoms with Gasteiger partial charge in [-0.2, -0.15) is 0 Å². The van der Waals surface area contributed by atoms with Gasteiger partial charge in [-0.05, 0) is 59.2 Å². The molecular formula is C24H22N2O3. The normalized spacial score (nSPS) is 15.6. The average Bonchev–Trinajstić information content (AvgIpc) is 3.20. The number of aromatic hydroxyl groups is 1. The van der Waals surface area contributed by atoms with Crippen LogP contribution in [0, 0.1) is 0 Å². The summed E-state index contributed by atoms with van der Waals surface area (Å²) in [6.07, 6.45) is 2.01. The Hall–Kier alpha value is -3.73. The minimum absolute atomic E-state index is 0.0792. The van der Waals surface area contributed by atoms with Crippen molar-refractivity contribution < 1.29 is 14.6 Å². The molecule has 1 aliphatic heterocycles. The lowest BCUT2D eigenvalue weighted by molar-refractivity contribution is -0.132. The number of hydrazine groups is 1. The quantitative estimate of drug-likeness (QED) is 0.681. The first-order valence-electron chi connectivity index (χ1n) is 9.44. The average molecular weight is 386 g/mol. The summed E-state index contributed by atoms with van der Waals surface area (Å²) in [4.78, 5) is 12.2. The van der Waals surface area contributed by atoms with Gasteiger partial charge in [0.05, 0.1) is 11.7 Å². The molecule has 3 aromatic carbocycles. The largest absolute Gasteiger partial charge is 0.508 e. The summed E-state index contributed by atoms with van der Waals surface area (Å²) < 4.78 is 5.85. The highest BCUT2D eigenvalue weighted by atomic mass is 16.5. The van der Waals surface area contributed by atoms with E-state index in [1.807, 2.05) is 72.8 Å². The Balaban J connectivity index is 1.51. The maximum Gasteiger partial charge on any atom is 0.238 e. The maximum atomic E-state index is 12.2. The lowest BCUT2D eigenvalue weighted by Crippen LogP contribution is -2.37. The Morgan fingerprint density at radius 1 is 1.00 bits per heavy atom. The fourth-order valence-electron chi connectivity index (χ4n) is 3.29. The zero-order chi connectivity index (χ0) is 20.2. The fourth-order valence-corrected chi connectivity index (χ4v) is 3.29. The van der Waals surface area contributed by atoms with Gasteiger partial charge >= 0.3 is 0 Å². The monoisotopic (exact) mass is 386 g/mol. The maximum absolute atomic E-state index is 12.2. The number of rotatable bonds is 5. The number of amides is 1. The van der Waals surface area contributed by atoms with Crippen molar-refractivity contribution in [1.29, 1.82) is 0 Å². The van der Waals surface area contributed by atoms with Gasteiger partial charge in [0, 0.05) is 6.92 Å². The van der Waals surface area contributed by atoms with Crippen LogP contribution in [-0.4, -0.2) is 16.0 Å². The van der Waals surface area contributed by atoms with Gasteiger partial charge in [-0.25, -0.2) is 5.01 Å². The molecule has 0 fully saturated rings. The second-order valence-electron chi connectivity index (χ2n) is 6.92. The molecular weight excluding hydrogens is 364 g/mol. The van der Waals surface area contributed by atoms with E-state index in [1.165, 1.54) is 6.92 Å². The number of nitrogens with zero attached hydrogens (tertiary/aromatic N) is 1. The van der Waals surface area contributed by atoms with Crippen LogP contribution in [0.3, 0.4) is 0 Å². The molecule has 1 heterocycles. The summed E-state index contributed by atoms with van der Waals surface area (Å²) in [5.41, 5.74) is 6.99. The summed E-state index contributed by atoms with van der Waals surface area (Å²) in [5, 5.41) is 11.1. The van der Waals surface area contributed by atoms with E-state index >= 15 is 0 Å². The molecule has 1 amide bonds. The summed E-state index contributed by atoms with van der Waals surface area (Å²) in [7, 11) is 0. The van der Waals surface area contributed by atoms with Crippen LogP contribution >= 0.6 is 0 Å². The molecule has 3 aromatic rings. The number of phenolic OH excluding ortho intramolecular Hbond substituents is 1. The zero-order valence-corrected chi connectivity index (χ0v) is 16.1. The summed E-state index contributed by atoms with van der Waals surface area (Å²) in [6, 6.07) is 24.5. The van der Waals surface area contributed by atoms with Crippen LogP contribution in [0.25, 0.3) is 5.70 Å². The smallest absolute Gasteiger partial charge is 0.238 e. The van der Waals surface area contributed by atoms with Crippen LogP contribution in [0.1, 0.15) is 29.7 Å². The highest BCUT2D eigenvalue weighted by molar-refractivity contribution is 5.79. The number of benzene rings is 3. The number of nitrogens with one attached hydrogen (secondary N) is 1. The Kier molecular flexibility index (Phi) is 5.20. The Morgan fingerprint density at radius 3 is 2.34 bits per heavy atom. The van der Waals surface area contributed by atoms with E-state index in [4.69, 9.17) is 4.74 Å². The molecule has 0 spiro atoms. The molecule has 1 aliphatic rings. The lowest BCUT2D eigenvalue weighted by atomic mass is 10.0. The van der Waals surface area contributed by atoms with Crippen LogP contribution in [-0.2, 0) is 11.4 Å². The molecule has 0 saturated carbocycles. The number of ether oxygens (including phenoxy) is 1. The second-order valence-corrected chi connectivity index (χ2v) is 6.92. The summed E-state index contributed by atoms with van der Waals surface area (Å²) >= 11 is 0. The Labute approximate surface area is 169 Å². The van der Waals surface area contributed by atoms with Gasteiger partial charge in [0.25, 0.3) is 0 Å². The molecule has 146 valence electrons. The number of carbonyl (C=O) groups excluding carboxylic acids is 1.